The molecule has 1 atom stereocenters. The van der Waals surface area contributed by atoms with Crippen LogP contribution < -0.4 is 10.2 Å². The highest BCUT2D eigenvalue weighted by molar-refractivity contribution is 7.99. The van der Waals surface area contributed by atoms with Crippen LogP contribution in [0.25, 0.3) is 0 Å². The van der Waals surface area contributed by atoms with E-state index in [4.69, 9.17) is 0 Å². The standard InChI is InChI=1S/C9H14N2OS2/c12-9-11-8(6-14-9)4-10-7-2-1-3-13-5-7/h6-7,10H,1-5H2,(H,11,12). The van der Waals surface area contributed by atoms with Crippen molar-refractivity contribution in [2.24, 2.45) is 0 Å². The fraction of sp³-hybridized carbons (Fsp3) is 0.667. The zero-order valence-electron chi connectivity index (χ0n) is 7.91. The van der Waals surface area contributed by atoms with Crippen LogP contribution in [-0.4, -0.2) is 22.5 Å². The zero-order chi connectivity index (χ0) is 9.80. The van der Waals surface area contributed by atoms with E-state index in [1.54, 1.807) is 0 Å². The van der Waals surface area contributed by atoms with Gasteiger partial charge in [-0.25, -0.2) is 0 Å². The number of H-pyrrole nitrogens is 1. The summed E-state index contributed by atoms with van der Waals surface area (Å²) in [5.74, 6) is 2.50. The third-order valence-corrected chi connectivity index (χ3v) is 4.25. The van der Waals surface area contributed by atoms with E-state index >= 15 is 0 Å². The molecule has 1 aromatic heterocycles. The summed E-state index contributed by atoms with van der Waals surface area (Å²) < 4.78 is 0. The van der Waals surface area contributed by atoms with Gasteiger partial charge in [-0.2, -0.15) is 11.8 Å². The third-order valence-electron chi connectivity index (χ3n) is 2.31. The molecule has 14 heavy (non-hydrogen) atoms. The minimum atomic E-state index is 0.0415. The summed E-state index contributed by atoms with van der Waals surface area (Å²) in [4.78, 5) is 13.7. The minimum absolute atomic E-state index is 0.0415. The molecule has 0 aromatic carbocycles. The van der Waals surface area contributed by atoms with Crippen LogP contribution in [0.1, 0.15) is 18.5 Å². The van der Waals surface area contributed by atoms with E-state index in [1.807, 2.05) is 17.1 Å². The second-order valence-corrected chi connectivity index (χ2v) is 5.46. The first-order valence-corrected chi connectivity index (χ1v) is 6.86. The van der Waals surface area contributed by atoms with Gasteiger partial charge in [-0.1, -0.05) is 11.3 Å². The molecule has 3 nitrogen and oxygen atoms in total. The van der Waals surface area contributed by atoms with Crippen molar-refractivity contribution in [3.05, 3.63) is 20.7 Å². The molecule has 2 N–H and O–H groups in total. The number of aromatic nitrogens is 1. The molecule has 1 aliphatic rings. The van der Waals surface area contributed by atoms with E-state index in [0.717, 1.165) is 12.2 Å². The molecule has 5 heteroatoms. The Hall–Kier alpha value is -0.260. The van der Waals surface area contributed by atoms with E-state index in [-0.39, 0.29) is 4.87 Å². The molecule has 0 bridgehead atoms. The van der Waals surface area contributed by atoms with Crippen LogP contribution in [0.4, 0.5) is 0 Å². The van der Waals surface area contributed by atoms with Crippen molar-refractivity contribution in [3.63, 3.8) is 0 Å². The first-order valence-electron chi connectivity index (χ1n) is 4.82. The Kier molecular flexibility index (Phi) is 3.67. The molecule has 78 valence electrons. The highest BCUT2D eigenvalue weighted by Crippen LogP contribution is 2.17. The highest BCUT2D eigenvalue weighted by atomic mass is 32.2. The van der Waals surface area contributed by atoms with Crippen LogP contribution in [-0.2, 0) is 6.54 Å². The smallest absolute Gasteiger partial charge is 0.304 e. The van der Waals surface area contributed by atoms with E-state index in [2.05, 4.69) is 10.3 Å². The molecular weight excluding hydrogens is 216 g/mol. The molecule has 0 saturated carbocycles. The molecule has 1 saturated heterocycles. The SMILES string of the molecule is O=c1[nH]c(CNC2CCCSC2)cs1. The van der Waals surface area contributed by atoms with E-state index in [9.17, 15) is 4.79 Å². The molecule has 0 radical (unpaired) electrons. The van der Waals surface area contributed by atoms with Gasteiger partial charge in [-0.05, 0) is 18.6 Å². The van der Waals surface area contributed by atoms with Gasteiger partial charge in [0.25, 0.3) is 0 Å². The van der Waals surface area contributed by atoms with Gasteiger partial charge in [0, 0.05) is 29.4 Å². The first kappa shape index (κ1) is 10.3. The fourth-order valence-corrected chi connectivity index (χ4v) is 3.24. The molecule has 1 aromatic rings. The number of thiazole rings is 1. The van der Waals surface area contributed by atoms with E-state index < -0.39 is 0 Å². The maximum Gasteiger partial charge on any atom is 0.304 e. The van der Waals surface area contributed by atoms with Crippen molar-refractivity contribution >= 4 is 23.1 Å². The average molecular weight is 230 g/mol. The van der Waals surface area contributed by atoms with Gasteiger partial charge in [0.1, 0.15) is 0 Å². The number of thioether (sulfide) groups is 1. The van der Waals surface area contributed by atoms with Crippen molar-refractivity contribution in [3.8, 4) is 0 Å². The molecule has 1 unspecified atom stereocenters. The van der Waals surface area contributed by atoms with Crippen molar-refractivity contribution in [2.45, 2.75) is 25.4 Å². The molecule has 0 amide bonds. The minimum Gasteiger partial charge on any atom is -0.315 e. The number of hydrogen-bond acceptors (Lipinski definition) is 4. The van der Waals surface area contributed by atoms with Crippen molar-refractivity contribution in [2.75, 3.05) is 11.5 Å². The Bertz CT molecular complexity index is 328. The lowest BCUT2D eigenvalue weighted by Crippen LogP contribution is -2.33. The largest absolute Gasteiger partial charge is 0.315 e. The topological polar surface area (TPSA) is 44.9 Å². The zero-order valence-corrected chi connectivity index (χ0v) is 9.55. The quantitative estimate of drug-likeness (QED) is 0.825. The summed E-state index contributed by atoms with van der Waals surface area (Å²) in [5, 5.41) is 5.36. The molecule has 2 rings (SSSR count). The lowest BCUT2D eigenvalue weighted by molar-refractivity contribution is 0.504. The second kappa shape index (κ2) is 5.00. The molecule has 0 aliphatic carbocycles. The Morgan fingerprint density at radius 3 is 3.21 bits per heavy atom. The van der Waals surface area contributed by atoms with Crippen LogP contribution in [0.3, 0.4) is 0 Å². The lowest BCUT2D eigenvalue weighted by atomic mass is 10.2. The van der Waals surface area contributed by atoms with E-state index in [0.29, 0.717) is 6.04 Å². The van der Waals surface area contributed by atoms with Crippen LogP contribution in [0.5, 0.6) is 0 Å². The van der Waals surface area contributed by atoms with E-state index in [1.165, 1.54) is 35.7 Å². The summed E-state index contributed by atoms with van der Waals surface area (Å²) in [7, 11) is 0. The Labute approximate surface area is 91.3 Å². The fourth-order valence-electron chi connectivity index (χ4n) is 1.56. The van der Waals surface area contributed by atoms with Crippen molar-refractivity contribution in [1.82, 2.24) is 10.3 Å². The normalized spacial score (nSPS) is 22.4. The van der Waals surface area contributed by atoms with Gasteiger partial charge in [0.05, 0.1) is 0 Å². The summed E-state index contributed by atoms with van der Waals surface area (Å²) in [6.45, 7) is 0.796. The van der Waals surface area contributed by atoms with Crippen LogP contribution in [0.15, 0.2) is 10.2 Å². The third kappa shape index (κ3) is 2.87. The summed E-state index contributed by atoms with van der Waals surface area (Å²) in [5.41, 5.74) is 1.01. The number of aromatic amines is 1. The first-order chi connectivity index (χ1) is 6.84. The predicted molar refractivity (Wildman–Crippen MR) is 62.1 cm³/mol. The maximum absolute atomic E-state index is 10.9. The molecule has 1 aliphatic heterocycles. The van der Waals surface area contributed by atoms with Gasteiger partial charge in [0.15, 0.2) is 0 Å². The Morgan fingerprint density at radius 2 is 2.57 bits per heavy atom. The number of hydrogen-bond donors (Lipinski definition) is 2. The summed E-state index contributed by atoms with van der Waals surface area (Å²) in [6.07, 6.45) is 2.57. The highest BCUT2D eigenvalue weighted by Gasteiger charge is 2.12. The lowest BCUT2D eigenvalue weighted by Gasteiger charge is -2.22. The Morgan fingerprint density at radius 1 is 1.64 bits per heavy atom. The summed E-state index contributed by atoms with van der Waals surface area (Å²) >= 11 is 3.25. The number of nitrogens with one attached hydrogen (secondary N) is 2. The molecule has 1 fully saturated rings. The second-order valence-electron chi connectivity index (χ2n) is 3.47. The van der Waals surface area contributed by atoms with Gasteiger partial charge in [-0.3, -0.25) is 4.79 Å². The van der Waals surface area contributed by atoms with Crippen LogP contribution in [0.2, 0.25) is 0 Å². The van der Waals surface area contributed by atoms with Gasteiger partial charge in [0.2, 0.25) is 0 Å². The van der Waals surface area contributed by atoms with Gasteiger partial charge >= 0.3 is 4.87 Å². The average Bonchev–Trinajstić information content (AvgIpc) is 2.63. The predicted octanol–water partition coefficient (Wildman–Crippen LogP) is 1.42. The monoisotopic (exact) mass is 230 g/mol. The van der Waals surface area contributed by atoms with Crippen LogP contribution in [0, 0.1) is 0 Å². The van der Waals surface area contributed by atoms with Gasteiger partial charge < -0.3 is 10.3 Å². The molecular formula is C9H14N2OS2. The van der Waals surface area contributed by atoms with Gasteiger partial charge in [-0.15, -0.1) is 0 Å². The molecule has 2 heterocycles. The number of rotatable bonds is 3. The molecule has 0 spiro atoms. The maximum atomic E-state index is 10.9. The Balaban J connectivity index is 1.78. The van der Waals surface area contributed by atoms with Crippen molar-refractivity contribution < 1.29 is 0 Å². The van der Waals surface area contributed by atoms with Crippen LogP contribution >= 0.6 is 23.1 Å². The summed E-state index contributed by atoms with van der Waals surface area (Å²) in [6, 6.07) is 0.622. The van der Waals surface area contributed by atoms with Crippen molar-refractivity contribution in [1.29, 1.82) is 0 Å².